The number of nitrogens with one attached hydrogen (secondary N) is 3. The van der Waals surface area contributed by atoms with Gasteiger partial charge in [-0.25, -0.2) is 9.59 Å². The van der Waals surface area contributed by atoms with Gasteiger partial charge in [0.15, 0.2) is 0 Å². The SMILES string of the molecule is CCOC(=O)C(CCc1ccccc1)NC(=O)C(NC(=O)[C@H](CC1=CN(C(=O)[C@H](C)N)CN1c1cccc2ccccc12)NC(=O)OCc1ccccc1)[C@@H](O)CCC(C)C. The summed E-state index contributed by atoms with van der Waals surface area (Å²) < 4.78 is 10.8. The van der Waals surface area contributed by atoms with E-state index in [1.807, 2.05) is 97.6 Å². The molecule has 1 aliphatic heterocycles. The molecule has 0 aromatic heterocycles. The maximum absolute atomic E-state index is 14.6. The average molecular weight is 835 g/mol. The van der Waals surface area contributed by atoms with E-state index in [9.17, 15) is 29.1 Å². The van der Waals surface area contributed by atoms with Crippen molar-refractivity contribution in [3.8, 4) is 0 Å². The van der Waals surface area contributed by atoms with E-state index < -0.39 is 54.1 Å². The lowest BCUT2D eigenvalue weighted by atomic mass is 9.98. The summed E-state index contributed by atoms with van der Waals surface area (Å²) in [6.07, 6.45) is 0.470. The van der Waals surface area contributed by atoms with Crippen LogP contribution in [-0.4, -0.2) is 83.3 Å². The zero-order chi connectivity index (χ0) is 43.9. The van der Waals surface area contributed by atoms with Crippen molar-refractivity contribution in [3.05, 3.63) is 126 Å². The van der Waals surface area contributed by atoms with Crippen LogP contribution in [-0.2, 0) is 41.7 Å². The highest BCUT2D eigenvalue weighted by Gasteiger charge is 2.37. The number of hydrogen-bond acceptors (Lipinski definition) is 10. The van der Waals surface area contributed by atoms with Crippen LogP contribution in [0.25, 0.3) is 10.8 Å². The highest BCUT2D eigenvalue weighted by atomic mass is 16.5. The van der Waals surface area contributed by atoms with Crippen LogP contribution in [0.3, 0.4) is 0 Å². The molecule has 0 radical (unpaired) electrons. The number of ether oxygens (including phenoxy) is 2. The first-order valence-corrected chi connectivity index (χ1v) is 20.8. The van der Waals surface area contributed by atoms with E-state index in [0.717, 1.165) is 27.6 Å². The lowest BCUT2D eigenvalue weighted by Gasteiger charge is -2.30. The smallest absolute Gasteiger partial charge is 0.408 e. The summed E-state index contributed by atoms with van der Waals surface area (Å²) in [7, 11) is 0. The quantitative estimate of drug-likeness (QED) is 0.0732. The van der Waals surface area contributed by atoms with Crippen molar-refractivity contribution in [2.24, 2.45) is 11.7 Å². The molecular weight excluding hydrogens is 777 g/mol. The Kier molecular flexibility index (Phi) is 16.8. The Balaban J connectivity index is 1.47. The summed E-state index contributed by atoms with van der Waals surface area (Å²) in [5, 5.41) is 21.5. The second-order valence-corrected chi connectivity index (χ2v) is 15.6. The number of alkyl carbamates (subject to hydrolysis) is 1. The topological polar surface area (TPSA) is 193 Å². The number of aliphatic hydroxyl groups is 1. The van der Waals surface area contributed by atoms with Crippen LogP contribution < -0.4 is 26.6 Å². The fourth-order valence-electron chi connectivity index (χ4n) is 7.06. The minimum atomic E-state index is -1.53. The van der Waals surface area contributed by atoms with Gasteiger partial charge in [-0.05, 0) is 68.0 Å². The molecule has 5 rings (SSSR count). The molecule has 4 aromatic carbocycles. The fraction of sp³-hybridized carbons (Fsp3) is 0.383. The molecular formula is C47H58N6O8. The third kappa shape index (κ3) is 13.1. The van der Waals surface area contributed by atoms with Crippen molar-refractivity contribution in [2.45, 2.75) is 96.7 Å². The molecule has 1 aliphatic rings. The third-order valence-electron chi connectivity index (χ3n) is 10.4. The number of nitrogens with zero attached hydrogens (tertiary/aromatic N) is 2. The van der Waals surface area contributed by atoms with Gasteiger partial charge >= 0.3 is 12.1 Å². The fourth-order valence-corrected chi connectivity index (χ4v) is 7.06. The molecule has 5 atom stereocenters. The van der Waals surface area contributed by atoms with Gasteiger partial charge in [-0.1, -0.05) is 111 Å². The van der Waals surface area contributed by atoms with Gasteiger partial charge in [0, 0.05) is 23.7 Å². The van der Waals surface area contributed by atoms with E-state index in [2.05, 4.69) is 16.0 Å². The normalized spacial score (nSPS) is 15.0. The van der Waals surface area contributed by atoms with Gasteiger partial charge < -0.3 is 41.2 Å². The lowest BCUT2D eigenvalue weighted by molar-refractivity contribution is -0.148. The number of esters is 1. The summed E-state index contributed by atoms with van der Waals surface area (Å²) in [4.78, 5) is 72.1. The predicted octanol–water partition coefficient (Wildman–Crippen LogP) is 5.28. The number of rotatable bonds is 20. The summed E-state index contributed by atoms with van der Waals surface area (Å²) in [6, 6.07) is 27.1. The third-order valence-corrected chi connectivity index (χ3v) is 10.4. The van der Waals surface area contributed by atoms with Gasteiger partial charge in [-0.2, -0.15) is 0 Å². The first-order valence-electron chi connectivity index (χ1n) is 20.8. The Morgan fingerprint density at radius 1 is 0.738 bits per heavy atom. The number of nitrogens with two attached hydrogens (primary N) is 1. The average Bonchev–Trinajstić information content (AvgIpc) is 3.68. The van der Waals surface area contributed by atoms with Crippen molar-refractivity contribution in [1.82, 2.24) is 20.9 Å². The Hall–Kier alpha value is -6.25. The minimum absolute atomic E-state index is 0.0771. The van der Waals surface area contributed by atoms with Crippen molar-refractivity contribution in [1.29, 1.82) is 0 Å². The molecule has 0 aliphatic carbocycles. The Morgan fingerprint density at radius 3 is 2.07 bits per heavy atom. The van der Waals surface area contributed by atoms with Crippen LogP contribution in [0.1, 0.15) is 64.5 Å². The van der Waals surface area contributed by atoms with Gasteiger partial charge in [-0.15, -0.1) is 0 Å². The highest BCUT2D eigenvalue weighted by molar-refractivity contribution is 5.96. The van der Waals surface area contributed by atoms with Crippen molar-refractivity contribution in [3.63, 3.8) is 0 Å². The van der Waals surface area contributed by atoms with Gasteiger partial charge in [-0.3, -0.25) is 19.3 Å². The molecule has 2 unspecified atom stereocenters. The molecule has 0 bridgehead atoms. The molecule has 14 heteroatoms. The van der Waals surface area contributed by atoms with Crippen LogP contribution in [0.4, 0.5) is 10.5 Å². The Bertz CT molecular complexity index is 2120. The Morgan fingerprint density at radius 2 is 1.39 bits per heavy atom. The number of aryl methyl sites for hydroxylation is 1. The number of hydrogen-bond donors (Lipinski definition) is 5. The number of carbonyl (C=O) groups is 5. The lowest BCUT2D eigenvalue weighted by Crippen LogP contribution is -2.59. The van der Waals surface area contributed by atoms with Crippen molar-refractivity contribution < 1.29 is 38.6 Å². The first-order chi connectivity index (χ1) is 29.3. The summed E-state index contributed by atoms with van der Waals surface area (Å²) >= 11 is 0. The molecule has 324 valence electrons. The van der Waals surface area contributed by atoms with Crippen LogP contribution in [0.2, 0.25) is 0 Å². The number of carbonyl (C=O) groups excluding carboxylic acids is 5. The van der Waals surface area contributed by atoms with E-state index in [4.69, 9.17) is 15.2 Å². The standard InChI is InChI=1S/C47H58N6O8/c1-5-60-46(58)38(25-24-33-15-8-6-9-16-33)49-44(56)42(41(54)26-23-31(2)3)51-43(55)39(50-47(59)61-29-34-17-10-7-11-18-34)27-36-28-52(45(57)32(4)48)30-53(36)40-22-14-20-35-19-12-13-21-37(35)40/h6-22,28,31-32,38-39,41-42,54H,5,23-27,29-30,48H2,1-4H3,(H,49,56)(H,50,59)(H,51,55)/t32-,38?,39-,41-,42?/m0/s1. The summed E-state index contributed by atoms with van der Waals surface area (Å²) in [5.74, 6) is -2.45. The summed E-state index contributed by atoms with van der Waals surface area (Å²) in [6.45, 7) is 7.27. The van der Waals surface area contributed by atoms with Gasteiger partial charge in [0.1, 0.15) is 31.4 Å². The molecule has 0 saturated heterocycles. The second-order valence-electron chi connectivity index (χ2n) is 15.6. The Labute approximate surface area is 357 Å². The van der Waals surface area contributed by atoms with E-state index in [1.54, 1.807) is 44.3 Å². The van der Waals surface area contributed by atoms with Crippen LogP contribution in [0.15, 0.2) is 115 Å². The number of aliphatic hydroxyl groups excluding tert-OH is 1. The van der Waals surface area contributed by atoms with E-state index in [0.29, 0.717) is 18.5 Å². The van der Waals surface area contributed by atoms with Crippen molar-refractivity contribution >= 4 is 46.2 Å². The monoisotopic (exact) mass is 834 g/mol. The molecule has 4 aromatic rings. The molecule has 0 saturated carbocycles. The first kappa shape index (κ1) is 45.8. The van der Waals surface area contributed by atoms with E-state index in [-0.39, 0.29) is 51.0 Å². The van der Waals surface area contributed by atoms with Crippen LogP contribution >= 0.6 is 0 Å². The molecule has 61 heavy (non-hydrogen) atoms. The number of benzene rings is 4. The molecule has 14 nitrogen and oxygen atoms in total. The zero-order valence-electron chi connectivity index (χ0n) is 35.3. The van der Waals surface area contributed by atoms with Gasteiger partial charge in [0.25, 0.3) is 0 Å². The number of fused-ring (bicyclic) bond motifs is 1. The van der Waals surface area contributed by atoms with Crippen LogP contribution in [0.5, 0.6) is 0 Å². The highest BCUT2D eigenvalue weighted by Crippen LogP contribution is 2.34. The number of amides is 4. The molecule has 0 fully saturated rings. The second kappa shape index (κ2) is 22.4. The maximum Gasteiger partial charge on any atom is 0.408 e. The number of anilines is 1. The maximum atomic E-state index is 14.6. The molecule has 6 N–H and O–H groups in total. The zero-order valence-corrected chi connectivity index (χ0v) is 35.3. The molecule has 4 amide bonds. The molecule has 1 heterocycles. The molecule has 0 spiro atoms. The van der Waals surface area contributed by atoms with Crippen molar-refractivity contribution in [2.75, 3.05) is 18.2 Å². The summed E-state index contributed by atoms with van der Waals surface area (Å²) in [5.41, 5.74) is 8.94. The predicted molar refractivity (Wildman–Crippen MR) is 233 cm³/mol. The van der Waals surface area contributed by atoms with E-state index in [1.165, 1.54) is 4.90 Å². The van der Waals surface area contributed by atoms with Gasteiger partial charge in [0.05, 0.1) is 24.4 Å². The van der Waals surface area contributed by atoms with Gasteiger partial charge in [0.2, 0.25) is 17.7 Å². The van der Waals surface area contributed by atoms with E-state index >= 15 is 0 Å². The minimum Gasteiger partial charge on any atom is -0.464 e. The van der Waals surface area contributed by atoms with Crippen LogP contribution in [0, 0.1) is 5.92 Å². The largest absolute Gasteiger partial charge is 0.464 e.